The first-order chi connectivity index (χ1) is 9.72. The Morgan fingerprint density at radius 1 is 1.40 bits per heavy atom. The Labute approximate surface area is 123 Å². The zero-order valence-electron chi connectivity index (χ0n) is 11.6. The van der Waals surface area contributed by atoms with Crippen molar-refractivity contribution in [1.29, 1.82) is 0 Å². The van der Waals surface area contributed by atoms with Crippen molar-refractivity contribution in [3.63, 3.8) is 0 Å². The Hall–Kier alpha value is -1.49. The fraction of sp³-hybridized carbons (Fsp3) is 0.467. The van der Waals surface area contributed by atoms with Gasteiger partial charge in [-0.05, 0) is 25.0 Å². The first-order valence-corrected chi connectivity index (χ1v) is 7.86. The molecule has 1 aromatic carbocycles. The minimum atomic E-state index is -0.205. The Morgan fingerprint density at radius 3 is 3.00 bits per heavy atom. The van der Waals surface area contributed by atoms with Crippen LogP contribution < -0.4 is 5.32 Å². The summed E-state index contributed by atoms with van der Waals surface area (Å²) < 4.78 is 4.84. The van der Waals surface area contributed by atoms with Gasteiger partial charge in [0.2, 0.25) is 5.91 Å². The van der Waals surface area contributed by atoms with E-state index < -0.39 is 0 Å². The van der Waals surface area contributed by atoms with E-state index in [0.717, 1.165) is 11.3 Å². The minimum absolute atomic E-state index is 0.0475. The third kappa shape index (κ3) is 3.76. The lowest BCUT2D eigenvalue weighted by Crippen LogP contribution is -2.30. The molecule has 0 aromatic heterocycles. The molecule has 0 saturated heterocycles. The number of thioether (sulfide) groups is 1. The van der Waals surface area contributed by atoms with Crippen molar-refractivity contribution < 1.29 is 14.3 Å². The number of hydrogen-bond donors (Lipinski definition) is 1. The van der Waals surface area contributed by atoms with Crippen LogP contribution in [-0.2, 0) is 14.3 Å². The lowest BCUT2D eigenvalue weighted by Gasteiger charge is -2.11. The second kappa shape index (κ2) is 7.33. The molecule has 0 fully saturated rings. The van der Waals surface area contributed by atoms with E-state index in [4.69, 9.17) is 4.74 Å². The maximum atomic E-state index is 12.1. The van der Waals surface area contributed by atoms with Gasteiger partial charge >= 0.3 is 5.97 Å². The van der Waals surface area contributed by atoms with Crippen LogP contribution in [0.15, 0.2) is 29.2 Å². The molecule has 1 aliphatic rings. The molecule has 0 radical (unpaired) electrons. The molecule has 1 heterocycles. The molecule has 2 rings (SSSR count). The molecule has 20 heavy (non-hydrogen) atoms. The van der Waals surface area contributed by atoms with Crippen molar-refractivity contribution in [3.8, 4) is 0 Å². The highest BCUT2D eigenvalue weighted by Crippen LogP contribution is 2.39. The molecule has 1 N–H and O–H groups in total. The number of carbonyl (C=O) groups is 2. The molecule has 1 aliphatic heterocycles. The first kappa shape index (κ1) is 14.9. The standard InChI is InChI=1S/C15H19NO3S/c1-2-19-14(17)8-5-9-16-15(18)12-10-20-13-7-4-3-6-11(12)13/h3-4,6-7,12H,2,5,8-10H2,1H3,(H,16,18). The van der Waals surface area contributed by atoms with Gasteiger partial charge in [-0.3, -0.25) is 9.59 Å². The Kier molecular flexibility index (Phi) is 5.47. The van der Waals surface area contributed by atoms with Crippen molar-refractivity contribution in [1.82, 2.24) is 5.32 Å². The number of ether oxygens (including phenoxy) is 1. The van der Waals surface area contributed by atoms with Crippen molar-refractivity contribution in [3.05, 3.63) is 29.8 Å². The molecule has 1 aromatic rings. The number of nitrogens with one attached hydrogen (secondary N) is 1. The van der Waals surface area contributed by atoms with E-state index in [9.17, 15) is 9.59 Å². The second-order valence-corrected chi connectivity index (χ2v) is 5.66. The van der Waals surface area contributed by atoms with Gasteiger partial charge in [-0.1, -0.05) is 18.2 Å². The maximum absolute atomic E-state index is 12.1. The van der Waals surface area contributed by atoms with E-state index >= 15 is 0 Å². The number of carbonyl (C=O) groups excluding carboxylic acids is 2. The van der Waals surface area contributed by atoms with Gasteiger partial charge in [0, 0.05) is 23.6 Å². The minimum Gasteiger partial charge on any atom is -0.466 e. The molecule has 1 amide bonds. The van der Waals surface area contributed by atoms with Gasteiger partial charge in [0.15, 0.2) is 0 Å². The van der Waals surface area contributed by atoms with Crippen LogP contribution in [0.3, 0.4) is 0 Å². The molecule has 1 unspecified atom stereocenters. The van der Waals surface area contributed by atoms with Crippen LogP contribution in [-0.4, -0.2) is 30.8 Å². The van der Waals surface area contributed by atoms with E-state index in [0.29, 0.717) is 26.0 Å². The second-order valence-electron chi connectivity index (χ2n) is 4.60. The van der Waals surface area contributed by atoms with Crippen LogP contribution in [0.4, 0.5) is 0 Å². The van der Waals surface area contributed by atoms with E-state index in [1.54, 1.807) is 18.7 Å². The zero-order chi connectivity index (χ0) is 14.4. The van der Waals surface area contributed by atoms with Crippen LogP contribution in [0.1, 0.15) is 31.2 Å². The molecule has 108 valence electrons. The smallest absolute Gasteiger partial charge is 0.305 e. The molecule has 0 aliphatic carbocycles. The fourth-order valence-corrected chi connectivity index (χ4v) is 3.41. The molecular weight excluding hydrogens is 274 g/mol. The van der Waals surface area contributed by atoms with Crippen LogP contribution >= 0.6 is 11.8 Å². The average molecular weight is 293 g/mol. The third-order valence-corrected chi connectivity index (χ3v) is 4.36. The summed E-state index contributed by atoms with van der Waals surface area (Å²) in [6.07, 6.45) is 0.968. The van der Waals surface area contributed by atoms with Crippen molar-refractivity contribution in [2.75, 3.05) is 18.9 Å². The molecule has 1 atom stereocenters. The van der Waals surface area contributed by atoms with Crippen LogP contribution in [0.5, 0.6) is 0 Å². The van der Waals surface area contributed by atoms with Crippen molar-refractivity contribution >= 4 is 23.6 Å². The van der Waals surface area contributed by atoms with Gasteiger partial charge in [0.1, 0.15) is 0 Å². The van der Waals surface area contributed by atoms with Gasteiger partial charge in [0.05, 0.1) is 12.5 Å². The van der Waals surface area contributed by atoms with E-state index in [-0.39, 0.29) is 17.8 Å². The van der Waals surface area contributed by atoms with Crippen molar-refractivity contribution in [2.45, 2.75) is 30.6 Å². The third-order valence-electron chi connectivity index (χ3n) is 3.18. The Balaban J connectivity index is 1.75. The Morgan fingerprint density at radius 2 is 2.20 bits per heavy atom. The number of rotatable bonds is 6. The number of esters is 1. The predicted molar refractivity (Wildman–Crippen MR) is 78.8 cm³/mol. The van der Waals surface area contributed by atoms with E-state index in [1.807, 2.05) is 24.3 Å². The summed E-state index contributed by atoms with van der Waals surface area (Å²) >= 11 is 1.72. The molecule has 0 saturated carbocycles. The highest BCUT2D eigenvalue weighted by Gasteiger charge is 2.28. The van der Waals surface area contributed by atoms with Gasteiger partial charge in [0.25, 0.3) is 0 Å². The topological polar surface area (TPSA) is 55.4 Å². The summed E-state index contributed by atoms with van der Waals surface area (Å²) in [6.45, 7) is 2.71. The fourth-order valence-electron chi connectivity index (χ4n) is 2.18. The normalized spacial score (nSPS) is 16.6. The van der Waals surface area contributed by atoms with Crippen LogP contribution in [0.2, 0.25) is 0 Å². The molecule has 0 bridgehead atoms. The largest absolute Gasteiger partial charge is 0.466 e. The zero-order valence-corrected chi connectivity index (χ0v) is 12.4. The lowest BCUT2D eigenvalue weighted by molar-refractivity contribution is -0.143. The van der Waals surface area contributed by atoms with E-state index in [2.05, 4.69) is 5.32 Å². The molecule has 4 nitrogen and oxygen atoms in total. The SMILES string of the molecule is CCOC(=O)CCCNC(=O)C1CSc2ccccc21. The monoisotopic (exact) mass is 293 g/mol. The highest BCUT2D eigenvalue weighted by atomic mass is 32.2. The summed E-state index contributed by atoms with van der Waals surface area (Å²) in [4.78, 5) is 24.5. The Bertz CT molecular complexity index is 490. The van der Waals surface area contributed by atoms with Crippen LogP contribution in [0.25, 0.3) is 0 Å². The van der Waals surface area contributed by atoms with Gasteiger partial charge in [-0.25, -0.2) is 0 Å². The number of hydrogen-bond acceptors (Lipinski definition) is 4. The maximum Gasteiger partial charge on any atom is 0.305 e. The predicted octanol–water partition coefficient (Wildman–Crippen LogP) is 2.34. The summed E-state index contributed by atoms with van der Waals surface area (Å²) in [5, 5.41) is 2.90. The highest BCUT2D eigenvalue weighted by molar-refractivity contribution is 7.99. The summed E-state index contributed by atoms with van der Waals surface area (Å²) in [5.74, 6) is 0.567. The van der Waals surface area contributed by atoms with Gasteiger partial charge in [-0.15, -0.1) is 11.8 Å². The quantitative estimate of drug-likeness (QED) is 0.646. The summed E-state index contributed by atoms with van der Waals surface area (Å²) in [7, 11) is 0. The van der Waals surface area contributed by atoms with Gasteiger partial charge in [-0.2, -0.15) is 0 Å². The number of fused-ring (bicyclic) bond motifs is 1. The summed E-state index contributed by atoms with van der Waals surface area (Å²) in [5.41, 5.74) is 1.11. The molecule has 5 heteroatoms. The van der Waals surface area contributed by atoms with Crippen molar-refractivity contribution in [2.24, 2.45) is 0 Å². The number of benzene rings is 1. The summed E-state index contributed by atoms with van der Waals surface area (Å²) in [6, 6.07) is 8.02. The molecular formula is C15H19NO3S. The molecule has 0 spiro atoms. The first-order valence-electron chi connectivity index (χ1n) is 6.87. The van der Waals surface area contributed by atoms with Gasteiger partial charge < -0.3 is 10.1 Å². The van der Waals surface area contributed by atoms with E-state index in [1.165, 1.54) is 4.90 Å². The van der Waals surface area contributed by atoms with Crippen LogP contribution in [0, 0.1) is 0 Å². The average Bonchev–Trinajstić information content (AvgIpc) is 2.87. The number of amides is 1. The lowest BCUT2D eigenvalue weighted by atomic mass is 10.0.